The van der Waals surface area contributed by atoms with Gasteiger partial charge in [-0.15, -0.1) is 0 Å². The minimum atomic E-state index is 0.266. The molecule has 0 spiro atoms. The Labute approximate surface area is 99.9 Å². The van der Waals surface area contributed by atoms with Gasteiger partial charge in [0.15, 0.2) is 0 Å². The normalized spacial score (nSPS) is 19.0. The molecule has 0 N–H and O–H groups in total. The highest BCUT2D eigenvalue weighted by Gasteiger charge is 2.23. The van der Waals surface area contributed by atoms with Gasteiger partial charge in [-0.25, -0.2) is 0 Å². The molecule has 1 aromatic rings. The second-order valence-corrected chi connectivity index (χ2v) is 6.29. The Morgan fingerprint density at radius 1 is 1.06 bits per heavy atom. The maximum absolute atomic E-state index is 2.44. The van der Waals surface area contributed by atoms with Crippen molar-refractivity contribution in [3.63, 3.8) is 0 Å². The van der Waals surface area contributed by atoms with Gasteiger partial charge < -0.3 is 4.57 Å². The number of hydrogen-bond donors (Lipinski definition) is 0. The lowest BCUT2D eigenvalue weighted by Gasteiger charge is -2.25. The molecule has 1 aromatic heterocycles. The molecule has 1 heterocycles. The highest BCUT2D eigenvalue weighted by Crippen LogP contribution is 2.35. The average Bonchev–Trinajstić information content (AvgIpc) is 2.61. The lowest BCUT2D eigenvalue weighted by atomic mass is 9.87. The third-order valence-corrected chi connectivity index (χ3v) is 3.95. The molecule has 1 nitrogen and oxygen atoms in total. The Morgan fingerprint density at radius 3 is 2.19 bits per heavy atom. The monoisotopic (exact) mass is 219 g/mol. The van der Waals surface area contributed by atoms with Crippen molar-refractivity contribution in [1.29, 1.82) is 0 Å². The van der Waals surface area contributed by atoms with Crippen molar-refractivity contribution in [3.05, 3.63) is 23.5 Å². The number of aromatic nitrogens is 1. The van der Waals surface area contributed by atoms with E-state index in [1.807, 2.05) is 0 Å². The first kappa shape index (κ1) is 11.8. The van der Waals surface area contributed by atoms with Gasteiger partial charge in [0.05, 0.1) is 0 Å². The van der Waals surface area contributed by atoms with E-state index in [1.165, 1.54) is 37.8 Å². The molecule has 0 aliphatic heterocycles. The molecule has 1 fully saturated rings. The second-order valence-electron chi connectivity index (χ2n) is 6.29. The molecule has 0 amide bonds. The fourth-order valence-corrected chi connectivity index (χ4v) is 3.09. The van der Waals surface area contributed by atoms with Crippen molar-refractivity contribution in [3.8, 4) is 0 Å². The van der Waals surface area contributed by atoms with Crippen LogP contribution in [0.15, 0.2) is 12.1 Å². The molecule has 1 saturated carbocycles. The molecule has 90 valence electrons. The van der Waals surface area contributed by atoms with Gasteiger partial charge in [-0.3, -0.25) is 0 Å². The molecule has 1 aliphatic carbocycles. The molecule has 0 saturated heterocycles. The van der Waals surface area contributed by atoms with Crippen LogP contribution in [0, 0.1) is 0 Å². The van der Waals surface area contributed by atoms with E-state index in [4.69, 9.17) is 0 Å². The summed E-state index contributed by atoms with van der Waals surface area (Å²) in [6, 6.07) is 4.68. The van der Waals surface area contributed by atoms with Crippen LogP contribution >= 0.6 is 0 Å². The van der Waals surface area contributed by atoms with Crippen molar-refractivity contribution in [2.24, 2.45) is 7.05 Å². The molecule has 0 unspecified atom stereocenters. The second kappa shape index (κ2) is 4.27. The number of nitrogens with zero attached hydrogens (tertiary/aromatic N) is 1. The molecular weight excluding hydrogens is 194 g/mol. The summed E-state index contributed by atoms with van der Waals surface area (Å²) in [4.78, 5) is 0. The number of rotatable bonds is 1. The molecule has 1 heteroatoms. The highest BCUT2D eigenvalue weighted by molar-refractivity contribution is 5.24. The molecule has 0 radical (unpaired) electrons. The summed E-state index contributed by atoms with van der Waals surface area (Å²) >= 11 is 0. The van der Waals surface area contributed by atoms with Crippen LogP contribution in [0.25, 0.3) is 0 Å². The lowest BCUT2D eigenvalue weighted by molar-refractivity contribution is 0.423. The minimum absolute atomic E-state index is 0.266. The third kappa shape index (κ3) is 2.18. The fourth-order valence-electron chi connectivity index (χ4n) is 3.09. The summed E-state index contributed by atoms with van der Waals surface area (Å²) < 4.78 is 2.44. The fraction of sp³-hybridized carbons (Fsp3) is 0.733. The van der Waals surface area contributed by atoms with Gasteiger partial charge in [0, 0.05) is 23.9 Å². The third-order valence-electron chi connectivity index (χ3n) is 3.95. The minimum Gasteiger partial charge on any atom is -0.351 e. The van der Waals surface area contributed by atoms with Gasteiger partial charge in [-0.05, 0) is 30.9 Å². The van der Waals surface area contributed by atoms with Gasteiger partial charge in [0.2, 0.25) is 0 Å². The van der Waals surface area contributed by atoms with Gasteiger partial charge in [0.25, 0.3) is 0 Å². The maximum Gasteiger partial charge on any atom is 0.0228 e. The Balaban J connectivity index is 2.25. The first-order valence-corrected chi connectivity index (χ1v) is 6.66. The van der Waals surface area contributed by atoms with Crippen LogP contribution in [0.5, 0.6) is 0 Å². The van der Waals surface area contributed by atoms with E-state index >= 15 is 0 Å². The Kier molecular flexibility index (Phi) is 3.14. The van der Waals surface area contributed by atoms with Gasteiger partial charge in [-0.1, -0.05) is 40.0 Å². The van der Waals surface area contributed by atoms with Crippen LogP contribution in [0.4, 0.5) is 0 Å². The first-order chi connectivity index (χ1) is 7.50. The summed E-state index contributed by atoms with van der Waals surface area (Å²) in [5.74, 6) is 0.815. The zero-order chi connectivity index (χ0) is 11.8. The van der Waals surface area contributed by atoms with Crippen LogP contribution in [0.1, 0.15) is 70.2 Å². The summed E-state index contributed by atoms with van der Waals surface area (Å²) in [5, 5.41) is 0. The molecule has 1 aliphatic rings. The molecule has 0 bridgehead atoms. The first-order valence-electron chi connectivity index (χ1n) is 6.66. The average molecular weight is 219 g/mol. The van der Waals surface area contributed by atoms with Gasteiger partial charge in [-0.2, -0.15) is 0 Å². The lowest BCUT2D eigenvalue weighted by Crippen LogP contribution is -2.18. The van der Waals surface area contributed by atoms with Gasteiger partial charge >= 0.3 is 0 Å². The summed E-state index contributed by atoms with van der Waals surface area (Å²) in [5.41, 5.74) is 3.29. The van der Waals surface area contributed by atoms with E-state index in [0.29, 0.717) is 0 Å². The van der Waals surface area contributed by atoms with Crippen molar-refractivity contribution in [2.45, 2.75) is 64.2 Å². The Bertz CT molecular complexity index is 348. The highest BCUT2D eigenvalue weighted by atomic mass is 15.0. The van der Waals surface area contributed by atoms with Crippen molar-refractivity contribution in [1.82, 2.24) is 4.57 Å². The summed E-state index contributed by atoms with van der Waals surface area (Å²) in [6.07, 6.45) is 7.05. The number of hydrogen-bond acceptors (Lipinski definition) is 0. The quantitative estimate of drug-likeness (QED) is 0.661. The van der Waals surface area contributed by atoms with Crippen LogP contribution in [-0.2, 0) is 12.5 Å². The molecule has 0 atom stereocenters. The zero-order valence-corrected chi connectivity index (χ0v) is 11.2. The van der Waals surface area contributed by atoms with Gasteiger partial charge in [0.1, 0.15) is 0 Å². The zero-order valence-electron chi connectivity index (χ0n) is 11.2. The van der Waals surface area contributed by atoms with E-state index in [0.717, 1.165) is 5.92 Å². The summed E-state index contributed by atoms with van der Waals surface area (Å²) in [7, 11) is 2.24. The van der Waals surface area contributed by atoms with E-state index in [9.17, 15) is 0 Å². The van der Waals surface area contributed by atoms with Crippen LogP contribution in [0.2, 0.25) is 0 Å². The topological polar surface area (TPSA) is 4.93 Å². The van der Waals surface area contributed by atoms with Crippen LogP contribution < -0.4 is 0 Å². The standard InChI is InChI=1S/C15H25N/c1-15(2,3)14-11-10-13(16(14)4)12-8-6-5-7-9-12/h10-12H,5-9H2,1-4H3. The molecule has 16 heavy (non-hydrogen) atoms. The Morgan fingerprint density at radius 2 is 1.69 bits per heavy atom. The van der Waals surface area contributed by atoms with Crippen molar-refractivity contribution >= 4 is 0 Å². The largest absolute Gasteiger partial charge is 0.351 e. The van der Waals surface area contributed by atoms with Crippen LogP contribution in [0.3, 0.4) is 0 Å². The van der Waals surface area contributed by atoms with E-state index in [1.54, 1.807) is 5.69 Å². The molecule has 2 rings (SSSR count). The van der Waals surface area contributed by atoms with Crippen LogP contribution in [-0.4, -0.2) is 4.57 Å². The maximum atomic E-state index is 2.44. The molecular formula is C15H25N. The van der Waals surface area contributed by atoms with E-state index in [2.05, 4.69) is 44.5 Å². The predicted molar refractivity (Wildman–Crippen MR) is 69.9 cm³/mol. The Hall–Kier alpha value is -0.720. The molecule has 0 aromatic carbocycles. The van der Waals surface area contributed by atoms with E-state index in [-0.39, 0.29) is 5.41 Å². The van der Waals surface area contributed by atoms with Crippen molar-refractivity contribution < 1.29 is 0 Å². The SMILES string of the molecule is Cn1c(C2CCCCC2)ccc1C(C)(C)C. The smallest absolute Gasteiger partial charge is 0.0228 e. The van der Waals surface area contributed by atoms with E-state index < -0.39 is 0 Å². The van der Waals surface area contributed by atoms with Crippen molar-refractivity contribution in [2.75, 3.05) is 0 Å². The predicted octanol–water partition coefficient (Wildman–Crippen LogP) is 4.37. The summed E-state index contributed by atoms with van der Waals surface area (Å²) in [6.45, 7) is 6.90.